The van der Waals surface area contributed by atoms with Crippen LogP contribution in [0.1, 0.15) is 12.2 Å². The van der Waals surface area contributed by atoms with E-state index < -0.39 is 9.84 Å². The predicted octanol–water partition coefficient (Wildman–Crippen LogP) is 2.62. The van der Waals surface area contributed by atoms with Gasteiger partial charge in [-0.15, -0.1) is 10.2 Å². The van der Waals surface area contributed by atoms with E-state index in [9.17, 15) is 8.42 Å². The lowest BCUT2D eigenvalue weighted by atomic mass is 10.1. The zero-order valence-corrected chi connectivity index (χ0v) is 16.3. The Labute approximate surface area is 156 Å². The third kappa shape index (κ3) is 5.12. The Hall–Kier alpha value is -1.25. The van der Waals surface area contributed by atoms with E-state index in [1.54, 1.807) is 23.9 Å². The first-order chi connectivity index (χ1) is 11.9. The van der Waals surface area contributed by atoms with Crippen molar-refractivity contribution < 1.29 is 13.2 Å². The molecule has 0 bridgehead atoms. The second-order valence-corrected chi connectivity index (χ2v) is 9.81. The van der Waals surface area contributed by atoms with E-state index in [1.165, 1.54) is 0 Å². The Morgan fingerprint density at radius 1 is 1.32 bits per heavy atom. The van der Waals surface area contributed by atoms with Crippen molar-refractivity contribution in [3.05, 3.63) is 35.1 Å². The van der Waals surface area contributed by atoms with Crippen LogP contribution in [0.5, 0.6) is 5.75 Å². The van der Waals surface area contributed by atoms with Crippen molar-refractivity contribution in [3.63, 3.8) is 0 Å². The highest BCUT2D eigenvalue weighted by Gasteiger charge is 2.29. The van der Waals surface area contributed by atoms with Gasteiger partial charge in [-0.1, -0.05) is 23.4 Å². The lowest BCUT2D eigenvalue weighted by molar-refractivity contribution is 0.344. The molecule has 25 heavy (non-hydrogen) atoms. The molecular weight excluding hydrogens is 382 g/mol. The van der Waals surface area contributed by atoms with E-state index in [0.29, 0.717) is 30.2 Å². The SMILES string of the molecule is Cn1c(C[C@H]2CCS(=O)(=O)C2)nnc1SCCOc1ccc(Cl)cc1. The van der Waals surface area contributed by atoms with Crippen LogP contribution in [0.2, 0.25) is 5.02 Å². The van der Waals surface area contributed by atoms with Crippen LogP contribution in [0.15, 0.2) is 29.4 Å². The lowest BCUT2D eigenvalue weighted by Gasteiger charge is -2.08. The summed E-state index contributed by atoms with van der Waals surface area (Å²) in [4.78, 5) is 0. The number of benzene rings is 1. The van der Waals surface area contributed by atoms with Gasteiger partial charge in [-0.05, 0) is 36.6 Å². The first-order valence-corrected chi connectivity index (χ1v) is 11.2. The fourth-order valence-corrected chi connectivity index (χ4v) is 5.50. The lowest BCUT2D eigenvalue weighted by Crippen LogP contribution is -2.11. The van der Waals surface area contributed by atoms with E-state index in [2.05, 4.69) is 10.2 Å². The number of sulfone groups is 1. The van der Waals surface area contributed by atoms with Crippen LogP contribution >= 0.6 is 23.4 Å². The Morgan fingerprint density at radius 3 is 2.76 bits per heavy atom. The summed E-state index contributed by atoms with van der Waals surface area (Å²) < 4.78 is 30.7. The third-order valence-electron chi connectivity index (χ3n) is 4.12. The van der Waals surface area contributed by atoms with Crippen LogP contribution in [-0.2, 0) is 23.3 Å². The summed E-state index contributed by atoms with van der Waals surface area (Å²) in [6.07, 6.45) is 1.37. The minimum absolute atomic E-state index is 0.152. The van der Waals surface area contributed by atoms with Gasteiger partial charge in [0.1, 0.15) is 11.6 Å². The summed E-state index contributed by atoms with van der Waals surface area (Å²) in [7, 11) is -0.938. The molecule has 3 rings (SSSR count). The number of hydrogen-bond donors (Lipinski definition) is 0. The number of nitrogens with zero attached hydrogens (tertiary/aromatic N) is 3. The molecule has 1 aliphatic heterocycles. The van der Waals surface area contributed by atoms with Gasteiger partial charge >= 0.3 is 0 Å². The van der Waals surface area contributed by atoms with Gasteiger partial charge in [-0.2, -0.15) is 0 Å². The van der Waals surface area contributed by atoms with Crippen molar-refractivity contribution >= 4 is 33.2 Å². The van der Waals surface area contributed by atoms with Crippen molar-refractivity contribution in [2.24, 2.45) is 13.0 Å². The molecule has 0 spiro atoms. The number of ether oxygens (including phenoxy) is 1. The maximum atomic E-state index is 11.6. The largest absolute Gasteiger partial charge is 0.493 e. The standard InChI is InChI=1S/C16H20ClN3O3S2/c1-20-15(10-12-6-9-25(21,22)11-12)18-19-16(20)24-8-7-23-14-4-2-13(17)3-5-14/h2-5,12H,6-11H2,1H3/t12-/m1/s1. The molecule has 0 aliphatic carbocycles. The number of halogens is 1. The van der Waals surface area contributed by atoms with Crippen LogP contribution in [0.25, 0.3) is 0 Å². The van der Waals surface area contributed by atoms with Gasteiger partial charge in [0, 0.05) is 24.2 Å². The normalized spacial score (nSPS) is 19.2. The van der Waals surface area contributed by atoms with Crippen molar-refractivity contribution in [1.29, 1.82) is 0 Å². The summed E-state index contributed by atoms with van der Waals surface area (Å²) in [5.74, 6) is 3.07. The van der Waals surface area contributed by atoms with Crippen LogP contribution < -0.4 is 4.74 Å². The summed E-state index contributed by atoms with van der Waals surface area (Å²) in [5, 5.41) is 9.92. The Balaban J connectivity index is 1.47. The Bertz CT molecular complexity index is 822. The van der Waals surface area contributed by atoms with Crippen LogP contribution in [-0.4, -0.2) is 47.0 Å². The molecule has 1 aromatic carbocycles. The van der Waals surface area contributed by atoms with Crippen LogP contribution in [0.3, 0.4) is 0 Å². The molecule has 136 valence electrons. The second kappa shape index (κ2) is 7.97. The summed E-state index contributed by atoms with van der Waals surface area (Å²) >= 11 is 7.41. The zero-order valence-electron chi connectivity index (χ0n) is 13.9. The van der Waals surface area contributed by atoms with Gasteiger partial charge in [-0.3, -0.25) is 0 Å². The minimum atomic E-state index is -2.86. The molecule has 0 N–H and O–H groups in total. The molecule has 0 radical (unpaired) electrons. The number of rotatable bonds is 7. The molecule has 2 heterocycles. The first kappa shape index (κ1) is 18.5. The van der Waals surface area contributed by atoms with Crippen molar-refractivity contribution in [2.45, 2.75) is 18.0 Å². The van der Waals surface area contributed by atoms with Crippen molar-refractivity contribution in [1.82, 2.24) is 14.8 Å². The highest BCUT2D eigenvalue weighted by molar-refractivity contribution is 7.99. The molecule has 1 aromatic heterocycles. The molecule has 1 fully saturated rings. The van der Waals surface area contributed by atoms with Gasteiger partial charge in [0.2, 0.25) is 0 Å². The quantitative estimate of drug-likeness (QED) is 0.524. The predicted molar refractivity (Wildman–Crippen MR) is 99.1 cm³/mol. The maximum absolute atomic E-state index is 11.6. The third-order valence-corrected chi connectivity index (χ3v) is 7.19. The molecule has 0 saturated carbocycles. The van der Waals surface area contributed by atoms with Crippen LogP contribution in [0, 0.1) is 5.92 Å². The fourth-order valence-electron chi connectivity index (χ4n) is 2.76. The fraction of sp³-hybridized carbons (Fsp3) is 0.500. The van der Waals surface area contributed by atoms with Crippen LogP contribution in [0.4, 0.5) is 0 Å². The van der Waals surface area contributed by atoms with Crippen molar-refractivity contribution in [2.75, 3.05) is 23.9 Å². The van der Waals surface area contributed by atoms with Gasteiger partial charge in [-0.25, -0.2) is 8.42 Å². The van der Waals surface area contributed by atoms with E-state index in [0.717, 1.165) is 22.5 Å². The summed E-state index contributed by atoms with van der Waals surface area (Å²) in [6.45, 7) is 0.551. The molecule has 0 unspecified atom stereocenters. The van der Waals surface area contributed by atoms with E-state index in [1.807, 2.05) is 23.7 Å². The second-order valence-electron chi connectivity index (χ2n) is 6.08. The first-order valence-electron chi connectivity index (χ1n) is 8.03. The molecule has 1 atom stereocenters. The monoisotopic (exact) mass is 401 g/mol. The zero-order chi connectivity index (χ0) is 17.9. The smallest absolute Gasteiger partial charge is 0.191 e. The molecule has 1 aliphatic rings. The molecule has 1 saturated heterocycles. The van der Waals surface area contributed by atoms with E-state index >= 15 is 0 Å². The van der Waals surface area contributed by atoms with E-state index in [4.69, 9.17) is 16.3 Å². The topological polar surface area (TPSA) is 74.1 Å². The average molecular weight is 402 g/mol. The summed E-state index contributed by atoms with van der Waals surface area (Å²) in [6, 6.07) is 7.26. The number of thioether (sulfide) groups is 1. The van der Waals surface area contributed by atoms with Gasteiger partial charge in [0.25, 0.3) is 0 Å². The van der Waals surface area contributed by atoms with Gasteiger partial charge < -0.3 is 9.30 Å². The van der Waals surface area contributed by atoms with Gasteiger partial charge in [0.15, 0.2) is 15.0 Å². The van der Waals surface area contributed by atoms with Gasteiger partial charge in [0.05, 0.1) is 18.1 Å². The molecule has 2 aromatic rings. The Kier molecular flexibility index (Phi) is 5.91. The number of aromatic nitrogens is 3. The highest BCUT2D eigenvalue weighted by atomic mass is 35.5. The maximum Gasteiger partial charge on any atom is 0.191 e. The number of hydrogen-bond acceptors (Lipinski definition) is 6. The average Bonchev–Trinajstić information content (AvgIpc) is 3.09. The Morgan fingerprint density at radius 2 is 2.08 bits per heavy atom. The molecule has 6 nitrogen and oxygen atoms in total. The highest BCUT2D eigenvalue weighted by Crippen LogP contribution is 2.24. The molecule has 9 heteroatoms. The molecular formula is C16H20ClN3O3S2. The minimum Gasteiger partial charge on any atom is -0.493 e. The summed E-state index contributed by atoms with van der Waals surface area (Å²) in [5.41, 5.74) is 0. The van der Waals surface area contributed by atoms with Crippen molar-refractivity contribution in [3.8, 4) is 5.75 Å². The van der Waals surface area contributed by atoms with E-state index in [-0.39, 0.29) is 11.7 Å². The molecule has 0 amide bonds.